The van der Waals surface area contributed by atoms with Crippen molar-refractivity contribution in [2.45, 2.75) is 47.5 Å². The van der Waals surface area contributed by atoms with Gasteiger partial charge in [0.1, 0.15) is 29.0 Å². The number of thioether (sulfide) groups is 1. The molecule has 4 aromatic carbocycles. The monoisotopic (exact) mass is 914 g/mol. The molecule has 336 valence electrons. The number of H-pyrrole nitrogens is 2. The molecule has 2 fully saturated rings. The van der Waals surface area contributed by atoms with E-state index in [2.05, 4.69) is 32.7 Å². The standard InChI is InChI=1S/C48H50N8O7S2/c1-62-47(59)53-41(33-11-7-5-8-12-33)45(57)55-27-35(64-3)23-39(55)43-49-25-37(51-43)31-19-15-29(16-20-31)30-17-21-32(22-18-30)38-26-50-44(52-38)40-24-36(65(4)61)28-56(40)46(58)42(54-48(60)63-2)34-13-9-6-10-14-34/h5-22,25-26,35-36,39-42H,23-24,27-28H2,1-4H3,(H,49,51)(H,50,52)(H,53,59)(H,54,60)/t35-,36-,39-,40-,41-,42-,65?/m0/s1. The molecule has 7 atom stereocenters. The van der Waals surface area contributed by atoms with E-state index in [1.54, 1.807) is 64.5 Å². The topological polar surface area (TPSA) is 198 Å². The summed E-state index contributed by atoms with van der Waals surface area (Å²) in [4.78, 5) is 72.9. The van der Waals surface area contributed by atoms with Crippen LogP contribution in [0.15, 0.2) is 122 Å². The predicted molar refractivity (Wildman–Crippen MR) is 250 cm³/mol. The maximum atomic E-state index is 14.2. The Labute approximate surface area is 384 Å². The summed E-state index contributed by atoms with van der Waals surface area (Å²) in [6, 6.07) is 31.6. The summed E-state index contributed by atoms with van der Waals surface area (Å²) in [5.74, 6) is 0.664. The average Bonchev–Trinajstić information content (AvgIpc) is 4.19. The molecule has 6 aromatic rings. The highest BCUT2D eigenvalue weighted by Gasteiger charge is 2.45. The molecule has 1 unspecified atom stereocenters. The second kappa shape index (κ2) is 20.1. The van der Waals surface area contributed by atoms with Gasteiger partial charge in [-0.25, -0.2) is 19.6 Å². The Morgan fingerprint density at radius 3 is 1.49 bits per heavy atom. The SMILES string of the molecule is COC(=O)N[C@H](C(=O)N1C[C@@H](SC)C[C@H]1c1ncc(-c2ccc(-c3ccc(-c4cnc([C@@H]5C[C@H]([S+](C)[O-])CN5C(=O)[C@@H](NC(=O)OC)c5ccccc5)[nH]4)cc3)cc2)[nH]1)c1ccccc1. The number of ether oxygens (including phenoxy) is 2. The van der Waals surface area contributed by atoms with E-state index in [1.807, 2.05) is 79.1 Å². The lowest BCUT2D eigenvalue weighted by molar-refractivity contribution is -0.135. The first-order chi connectivity index (χ1) is 31.5. The lowest BCUT2D eigenvalue weighted by atomic mass is 10.0. The van der Waals surface area contributed by atoms with Crippen LogP contribution in [0.5, 0.6) is 0 Å². The largest absolute Gasteiger partial charge is 0.616 e. The lowest BCUT2D eigenvalue weighted by Crippen LogP contribution is -2.43. The normalized spacial score (nSPS) is 19.6. The number of hydrogen-bond acceptors (Lipinski definition) is 10. The molecule has 0 bridgehead atoms. The van der Waals surface area contributed by atoms with Crippen LogP contribution >= 0.6 is 11.8 Å². The van der Waals surface area contributed by atoms with Crippen LogP contribution in [0.25, 0.3) is 33.6 Å². The second-order valence-electron chi connectivity index (χ2n) is 15.9. The molecule has 4 N–H and O–H groups in total. The van der Waals surface area contributed by atoms with Gasteiger partial charge in [-0.3, -0.25) is 9.59 Å². The van der Waals surface area contributed by atoms with Crippen molar-refractivity contribution in [2.75, 3.05) is 39.8 Å². The minimum atomic E-state index is -1.20. The summed E-state index contributed by atoms with van der Waals surface area (Å²) in [6.07, 6.45) is 6.93. The van der Waals surface area contributed by atoms with Crippen molar-refractivity contribution in [2.24, 2.45) is 0 Å². The summed E-state index contributed by atoms with van der Waals surface area (Å²) in [7, 11) is 2.52. The summed E-state index contributed by atoms with van der Waals surface area (Å²) in [6.45, 7) is 0.758. The Bertz CT molecular complexity index is 2590. The summed E-state index contributed by atoms with van der Waals surface area (Å²) < 4.78 is 22.4. The number of nitrogens with zero attached hydrogens (tertiary/aromatic N) is 4. The first-order valence-corrected chi connectivity index (χ1v) is 24.0. The van der Waals surface area contributed by atoms with Crippen molar-refractivity contribution in [1.82, 2.24) is 40.4 Å². The molecule has 2 saturated heterocycles. The fraction of sp³-hybridized carbons (Fsp3) is 0.292. The van der Waals surface area contributed by atoms with Crippen molar-refractivity contribution in [3.8, 4) is 33.6 Å². The maximum absolute atomic E-state index is 14.2. The number of nitrogens with one attached hydrogen (secondary N) is 4. The van der Waals surface area contributed by atoms with Crippen LogP contribution in [0.1, 0.15) is 59.8 Å². The Morgan fingerprint density at radius 1 is 0.662 bits per heavy atom. The predicted octanol–water partition coefficient (Wildman–Crippen LogP) is 7.35. The molecule has 17 heteroatoms. The number of carbonyl (C=O) groups excluding carboxylic acids is 4. The number of alkyl carbamates (subject to hydrolysis) is 2. The van der Waals surface area contributed by atoms with Crippen LogP contribution in [0.4, 0.5) is 9.59 Å². The van der Waals surface area contributed by atoms with Crippen molar-refractivity contribution in [3.63, 3.8) is 0 Å². The van der Waals surface area contributed by atoms with E-state index in [0.29, 0.717) is 42.2 Å². The maximum Gasteiger partial charge on any atom is 0.407 e. The van der Waals surface area contributed by atoms with Gasteiger partial charge in [0.25, 0.3) is 11.8 Å². The van der Waals surface area contributed by atoms with Gasteiger partial charge in [0.2, 0.25) is 0 Å². The van der Waals surface area contributed by atoms with E-state index in [0.717, 1.165) is 33.6 Å². The van der Waals surface area contributed by atoms with E-state index in [1.165, 1.54) is 14.2 Å². The number of aromatic amines is 2. The Balaban J connectivity index is 0.963. The number of benzene rings is 4. The molecular formula is C48H50N8O7S2. The zero-order valence-electron chi connectivity index (χ0n) is 36.3. The minimum absolute atomic E-state index is 0.194. The van der Waals surface area contributed by atoms with Crippen molar-refractivity contribution in [1.29, 1.82) is 0 Å². The molecule has 15 nitrogen and oxygen atoms in total. The molecule has 0 aliphatic carbocycles. The quantitative estimate of drug-likeness (QED) is 0.0850. The zero-order chi connectivity index (χ0) is 45.6. The third-order valence-electron chi connectivity index (χ3n) is 12.1. The number of imidazole rings is 2. The summed E-state index contributed by atoms with van der Waals surface area (Å²) in [5, 5.41) is 5.33. The molecule has 2 aromatic heterocycles. The van der Waals surface area contributed by atoms with E-state index in [4.69, 9.17) is 19.4 Å². The van der Waals surface area contributed by atoms with E-state index in [9.17, 15) is 23.7 Å². The van der Waals surface area contributed by atoms with Crippen molar-refractivity contribution in [3.05, 3.63) is 144 Å². The number of likely N-dealkylation sites (tertiary alicyclic amines) is 2. The van der Waals surface area contributed by atoms with E-state index >= 15 is 0 Å². The average molecular weight is 915 g/mol. The lowest BCUT2D eigenvalue weighted by Gasteiger charge is -2.28. The molecule has 4 heterocycles. The summed E-state index contributed by atoms with van der Waals surface area (Å²) >= 11 is 0.503. The second-order valence-corrected chi connectivity index (χ2v) is 18.7. The van der Waals surface area contributed by atoms with E-state index in [-0.39, 0.29) is 34.9 Å². The van der Waals surface area contributed by atoms with Gasteiger partial charge in [-0.05, 0) is 46.1 Å². The van der Waals surface area contributed by atoms with Crippen LogP contribution in [0.2, 0.25) is 0 Å². The van der Waals surface area contributed by atoms with Crippen LogP contribution in [0.3, 0.4) is 0 Å². The number of hydrogen-bond donors (Lipinski definition) is 4. The minimum Gasteiger partial charge on any atom is -0.616 e. The molecule has 65 heavy (non-hydrogen) atoms. The van der Waals surface area contributed by atoms with Crippen LogP contribution in [0, 0.1) is 0 Å². The van der Waals surface area contributed by atoms with E-state index < -0.39 is 41.5 Å². The van der Waals surface area contributed by atoms with Gasteiger partial charge in [-0.15, -0.1) is 0 Å². The van der Waals surface area contributed by atoms with Gasteiger partial charge in [0, 0.05) is 18.2 Å². The molecular weight excluding hydrogens is 865 g/mol. The highest BCUT2D eigenvalue weighted by Crippen LogP contribution is 2.39. The zero-order valence-corrected chi connectivity index (χ0v) is 37.9. The smallest absolute Gasteiger partial charge is 0.407 e. The number of carbonyl (C=O) groups is 4. The molecule has 0 spiro atoms. The van der Waals surface area contributed by atoms with Gasteiger partial charge < -0.3 is 44.4 Å². The first kappa shape index (κ1) is 45.0. The van der Waals surface area contributed by atoms with Crippen LogP contribution in [-0.4, -0.2) is 109 Å². The Hall–Kier alpha value is -6.56. The third kappa shape index (κ3) is 9.91. The highest BCUT2D eigenvalue weighted by molar-refractivity contribution is 7.99. The molecule has 2 aliphatic rings. The van der Waals surface area contributed by atoms with Crippen LogP contribution in [-0.2, 0) is 30.2 Å². The number of aromatic nitrogens is 4. The number of methoxy groups -OCH3 is 2. The molecule has 8 rings (SSSR count). The Morgan fingerprint density at radius 2 is 1.08 bits per heavy atom. The molecule has 0 radical (unpaired) electrons. The molecule has 0 saturated carbocycles. The fourth-order valence-electron chi connectivity index (χ4n) is 8.55. The fourth-order valence-corrected chi connectivity index (χ4v) is 10.1. The van der Waals surface area contributed by atoms with Crippen molar-refractivity contribution >= 4 is 46.9 Å². The molecule has 2 aliphatic heterocycles. The van der Waals surface area contributed by atoms with Gasteiger partial charge in [0.15, 0.2) is 0 Å². The third-order valence-corrected chi connectivity index (χ3v) is 14.4. The van der Waals surface area contributed by atoms with Crippen molar-refractivity contribution < 1.29 is 33.2 Å². The van der Waals surface area contributed by atoms with Crippen LogP contribution < -0.4 is 10.6 Å². The van der Waals surface area contributed by atoms with Gasteiger partial charge in [-0.1, -0.05) is 120 Å². The van der Waals surface area contributed by atoms with Gasteiger partial charge in [0.05, 0.1) is 62.9 Å². The van der Waals surface area contributed by atoms with Gasteiger partial charge in [-0.2, -0.15) is 11.8 Å². The highest BCUT2D eigenvalue weighted by atomic mass is 32.2. The first-order valence-electron chi connectivity index (χ1n) is 21.1. The molecule has 4 amide bonds. The Kier molecular flexibility index (Phi) is 13.9. The number of rotatable bonds is 13. The summed E-state index contributed by atoms with van der Waals surface area (Å²) in [5.41, 5.74) is 6.70. The number of amides is 4. The van der Waals surface area contributed by atoms with Gasteiger partial charge >= 0.3 is 12.2 Å².